The van der Waals surface area contributed by atoms with Gasteiger partial charge in [0.15, 0.2) is 0 Å². The largest absolute Gasteiger partial charge is 0.0533 e. The van der Waals surface area contributed by atoms with Gasteiger partial charge in [-0.05, 0) is 12.8 Å². The van der Waals surface area contributed by atoms with E-state index in [0.29, 0.717) is 0 Å². The third-order valence-electron chi connectivity index (χ3n) is 5.63. The Morgan fingerprint density at radius 2 is 0.375 bits per heavy atom. The van der Waals surface area contributed by atoms with E-state index in [2.05, 4.69) is 12.8 Å². The zero-order chi connectivity index (χ0) is 17.0. The minimum Gasteiger partial charge on any atom is -0.0533 e. The maximum absolute atomic E-state index is 2.56. The Hall–Kier alpha value is 0. The van der Waals surface area contributed by atoms with Crippen molar-refractivity contribution >= 4 is 0 Å². The number of rotatable bonds is 0. The van der Waals surface area contributed by atoms with Crippen LogP contribution < -0.4 is 0 Å². The fourth-order valence-corrected chi connectivity index (χ4v) is 3.92. The summed E-state index contributed by atoms with van der Waals surface area (Å²) in [5.41, 5.74) is 0. The lowest BCUT2D eigenvalue weighted by molar-refractivity contribution is 0.535. The summed E-state index contributed by atoms with van der Waals surface area (Å²) in [4.78, 5) is 0. The highest BCUT2D eigenvalue weighted by Crippen LogP contribution is 2.16. The van der Waals surface area contributed by atoms with Gasteiger partial charge < -0.3 is 0 Å². The molecule has 0 aliphatic heterocycles. The normalized spacial score (nSPS) is 24.0. The van der Waals surface area contributed by atoms with Crippen molar-refractivity contribution in [2.75, 3.05) is 0 Å². The van der Waals surface area contributed by atoms with Crippen LogP contribution in [0.4, 0.5) is 0 Å². The Balaban J connectivity index is 2.00. The van der Waals surface area contributed by atoms with Gasteiger partial charge in [-0.25, -0.2) is 0 Å². The fourth-order valence-electron chi connectivity index (χ4n) is 3.92. The molecule has 0 aromatic rings. The van der Waals surface area contributed by atoms with Gasteiger partial charge in [-0.15, -0.1) is 0 Å². The molecular weight excluding hydrogens is 288 g/mol. The van der Waals surface area contributed by atoms with Gasteiger partial charge in [0, 0.05) is 0 Å². The van der Waals surface area contributed by atoms with E-state index in [-0.39, 0.29) is 0 Å². The Labute approximate surface area is 154 Å². The molecule has 24 heavy (non-hydrogen) atoms. The molecule has 0 heteroatoms. The Morgan fingerprint density at radius 1 is 0.208 bits per heavy atom. The standard InChI is InChI=1S/C24H46/c1-2-4-6-8-10-12-14-16-18-20-22-24-23-21-19-17-15-13-11-9-7-5-3-1/h1,20H,2-19,21-24H2. The van der Waals surface area contributed by atoms with Crippen LogP contribution in [0.2, 0.25) is 0 Å². The summed E-state index contributed by atoms with van der Waals surface area (Å²) in [5.74, 6) is 0. The van der Waals surface area contributed by atoms with Crippen LogP contribution in [0.25, 0.3) is 0 Å². The van der Waals surface area contributed by atoms with Gasteiger partial charge >= 0.3 is 0 Å². The lowest BCUT2D eigenvalue weighted by atomic mass is 10.0. The molecule has 1 saturated carbocycles. The highest BCUT2D eigenvalue weighted by molar-refractivity contribution is 4.66. The molecular formula is C24H46. The maximum Gasteiger partial charge on any atom is -0.0386 e. The average molecular weight is 335 g/mol. The Bertz CT molecular complexity index is 110. The molecule has 0 atom stereocenters. The second-order valence-corrected chi connectivity index (χ2v) is 8.10. The van der Waals surface area contributed by atoms with Crippen molar-refractivity contribution in [3.05, 3.63) is 12.8 Å². The molecule has 0 spiro atoms. The molecule has 0 amide bonds. The average Bonchev–Trinajstić information content (AvgIpc) is 2.59. The zero-order valence-electron chi connectivity index (χ0n) is 16.7. The predicted molar refractivity (Wildman–Crippen MR) is 110 cm³/mol. The lowest BCUT2D eigenvalue weighted by Gasteiger charge is -2.05. The third-order valence-corrected chi connectivity index (χ3v) is 5.63. The van der Waals surface area contributed by atoms with Crippen LogP contribution in [0.15, 0.2) is 0 Å². The molecule has 0 N–H and O–H groups in total. The number of hydrogen-bond donors (Lipinski definition) is 0. The van der Waals surface area contributed by atoms with Crippen LogP contribution >= 0.6 is 0 Å². The molecule has 1 rings (SSSR count). The molecule has 0 bridgehead atoms. The van der Waals surface area contributed by atoms with Gasteiger partial charge in [-0.3, -0.25) is 0 Å². The first-order valence-electron chi connectivity index (χ1n) is 11.6. The smallest absolute Gasteiger partial charge is 0.0386 e. The molecule has 0 aromatic carbocycles. The van der Waals surface area contributed by atoms with Crippen molar-refractivity contribution in [3.63, 3.8) is 0 Å². The highest BCUT2D eigenvalue weighted by atomic mass is 14.0. The highest BCUT2D eigenvalue weighted by Gasteiger charge is 1.97. The first-order chi connectivity index (χ1) is 12.0. The van der Waals surface area contributed by atoms with Crippen LogP contribution in [-0.4, -0.2) is 0 Å². The van der Waals surface area contributed by atoms with Crippen molar-refractivity contribution in [2.24, 2.45) is 0 Å². The van der Waals surface area contributed by atoms with Gasteiger partial charge in [-0.2, -0.15) is 0 Å². The van der Waals surface area contributed by atoms with Crippen LogP contribution in [0, 0.1) is 12.8 Å². The molecule has 142 valence electrons. The molecule has 0 aromatic heterocycles. The lowest BCUT2D eigenvalue weighted by Crippen LogP contribution is -1.86. The van der Waals surface area contributed by atoms with Gasteiger partial charge in [-0.1, -0.05) is 141 Å². The fraction of sp³-hybridized carbons (Fsp3) is 0.917. The van der Waals surface area contributed by atoms with Crippen molar-refractivity contribution in [2.45, 2.75) is 141 Å². The monoisotopic (exact) mass is 334 g/mol. The van der Waals surface area contributed by atoms with Crippen molar-refractivity contribution < 1.29 is 0 Å². The van der Waals surface area contributed by atoms with Gasteiger partial charge in [0.05, 0.1) is 0 Å². The second kappa shape index (κ2) is 19.3. The zero-order valence-corrected chi connectivity index (χ0v) is 16.7. The second-order valence-electron chi connectivity index (χ2n) is 8.10. The molecule has 0 unspecified atom stereocenters. The van der Waals surface area contributed by atoms with E-state index in [0.717, 1.165) is 0 Å². The summed E-state index contributed by atoms with van der Waals surface area (Å²) < 4.78 is 0. The van der Waals surface area contributed by atoms with E-state index in [1.807, 2.05) is 0 Å². The van der Waals surface area contributed by atoms with Gasteiger partial charge in [0.25, 0.3) is 0 Å². The van der Waals surface area contributed by atoms with E-state index in [9.17, 15) is 0 Å². The van der Waals surface area contributed by atoms with Crippen molar-refractivity contribution in [3.8, 4) is 0 Å². The van der Waals surface area contributed by atoms with Crippen LogP contribution in [0.3, 0.4) is 0 Å². The molecule has 0 nitrogen and oxygen atoms in total. The summed E-state index contributed by atoms with van der Waals surface area (Å²) in [6.07, 6.45) is 37.0. The topological polar surface area (TPSA) is 0 Å². The summed E-state index contributed by atoms with van der Waals surface area (Å²) >= 11 is 0. The minimum absolute atomic E-state index is 1.37. The molecule has 1 aliphatic carbocycles. The van der Waals surface area contributed by atoms with Crippen LogP contribution in [-0.2, 0) is 0 Å². The van der Waals surface area contributed by atoms with Gasteiger partial charge in [0.1, 0.15) is 0 Å². The Morgan fingerprint density at radius 3 is 0.583 bits per heavy atom. The molecule has 0 heterocycles. The maximum atomic E-state index is 2.56. The summed E-state index contributed by atoms with van der Waals surface area (Å²) in [7, 11) is 0. The van der Waals surface area contributed by atoms with Gasteiger partial charge in [0.2, 0.25) is 0 Å². The van der Waals surface area contributed by atoms with Crippen LogP contribution in [0.5, 0.6) is 0 Å². The number of hydrogen-bond acceptors (Lipinski definition) is 0. The van der Waals surface area contributed by atoms with E-state index in [1.165, 1.54) is 141 Å². The summed E-state index contributed by atoms with van der Waals surface area (Å²) in [6, 6.07) is 0. The SMILES string of the molecule is [CH]1CCCCCCCCC[CH]CCCCCCCCCCCCC1. The van der Waals surface area contributed by atoms with E-state index >= 15 is 0 Å². The van der Waals surface area contributed by atoms with E-state index < -0.39 is 0 Å². The van der Waals surface area contributed by atoms with Crippen LogP contribution in [0.1, 0.15) is 141 Å². The third kappa shape index (κ3) is 16.8. The van der Waals surface area contributed by atoms with Crippen molar-refractivity contribution in [1.82, 2.24) is 0 Å². The van der Waals surface area contributed by atoms with Crippen molar-refractivity contribution in [1.29, 1.82) is 0 Å². The first-order valence-corrected chi connectivity index (χ1v) is 11.6. The molecule has 0 saturated heterocycles. The Kier molecular flexibility index (Phi) is 17.7. The summed E-state index contributed by atoms with van der Waals surface area (Å²) in [6.45, 7) is 0. The molecule has 1 aliphatic rings. The predicted octanol–water partition coefficient (Wildman–Crippen LogP) is 8.99. The quantitative estimate of drug-likeness (QED) is 0.414. The first kappa shape index (κ1) is 22.0. The summed E-state index contributed by atoms with van der Waals surface area (Å²) in [5, 5.41) is 0. The molecule has 2 radical (unpaired) electrons. The molecule has 1 fully saturated rings. The van der Waals surface area contributed by atoms with E-state index in [1.54, 1.807) is 0 Å². The minimum atomic E-state index is 1.37. The van der Waals surface area contributed by atoms with E-state index in [4.69, 9.17) is 0 Å².